The van der Waals surface area contributed by atoms with Gasteiger partial charge in [0.15, 0.2) is 5.76 Å². The van der Waals surface area contributed by atoms with E-state index in [-0.39, 0.29) is 5.91 Å². The molecule has 2 heterocycles. The molecule has 1 amide bonds. The lowest BCUT2D eigenvalue weighted by molar-refractivity contribution is -0.131. The molecule has 0 bridgehead atoms. The van der Waals surface area contributed by atoms with Gasteiger partial charge in [0.2, 0.25) is 0 Å². The van der Waals surface area contributed by atoms with Crippen LogP contribution in [0.1, 0.15) is 33.0 Å². The van der Waals surface area contributed by atoms with Gasteiger partial charge in [0.25, 0.3) is 5.91 Å². The number of carboxylic acids is 1. The fourth-order valence-corrected chi connectivity index (χ4v) is 2.53. The van der Waals surface area contributed by atoms with Crippen LogP contribution in [-0.2, 0) is 17.8 Å². The van der Waals surface area contributed by atoms with Crippen molar-refractivity contribution in [3.63, 3.8) is 0 Å². The summed E-state index contributed by atoms with van der Waals surface area (Å²) in [6.45, 7) is 2.34. The minimum Gasteiger partial charge on any atom is -0.478 e. The van der Waals surface area contributed by atoms with Crippen LogP contribution in [0, 0.1) is 0 Å². The summed E-state index contributed by atoms with van der Waals surface area (Å²) >= 11 is 1.43. The minimum atomic E-state index is -0.984. The maximum Gasteiger partial charge on any atom is 0.328 e. The van der Waals surface area contributed by atoms with Gasteiger partial charge in [-0.25, -0.2) is 4.79 Å². The molecule has 2 rings (SSSR count). The summed E-state index contributed by atoms with van der Waals surface area (Å²) in [6.07, 6.45) is 3.36. The molecular weight excluding hydrogens is 290 g/mol. The number of hydrogen-bond donors (Lipinski definition) is 2. The van der Waals surface area contributed by atoms with Crippen LogP contribution in [0.2, 0.25) is 0 Å². The summed E-state index contributed by atoms with van der Waals surface area (Å²) in [7, 11) is 0. The van der Waals surface area contributed by atoms with Gasteiger partial charge in [-0.05, 0) is 30.3 Å². The number of rotatable bonds is 6. The zero-order valence-electron chi connectivity index (χ0n) is 11.5. The molecule has 0 unspecified atom stereocenters. The summed E-state index contributed by atoms with van der Waals surface area (Å²) in [5.74, 6) is -0.166. The fraction of sp³-hybridized carbons (Fsp3) is 0.200. The third kappa shape index (κ3) is 4.32. The highest BCUT2D eigenvalue weighted by molar-refractivity contribution is 7.12. The van der Waals surface area contributed by atoms with E-state index in [0.717, 1.165) is 28.0 Å². The first kappa shape index (κ1) is 15.1. The Morgan fingerprint density at radius 3 is 2.81 bits per heavy atom. The number of furan rings is 1. The van der Waals surface area contributed by atoms with Gasteiger partial charge >= 0.3 is 5.97 Å². The number of nitrogens with one attached hydrogen (secondary N) is 1. The maximum atomic E-state index is 11.9. The lowest BCUT2D eigenvalue weighted by atomic mass is 10.3. The molecule has 110 valence electrons. The van der Waals surface area contributed by atoms with E-state index in [1.807, 2.05) is 19.1 Å². The van der Waals surface area contributed by atoms with E-state index in [4.69, 9.17) is 9.52 Å². The Morgan fingerprint density at radius 1 is 1.33 bits per heavy atom. The van der Waals surface area contributed by atoms with Crippen LogP contribution in [0.15, 0.2) is 34.8 Å². The van der Waals surface area contributed by atoms with Crippen LogP contribution < -0.4 is 5.32 Å². The molecule has 0 saturated carbocycles. The highest BCUT2D eigenvalue weighted by Gasteiger charge is 2.10. The standard InChI is InChI=1S/C15H15NO4S/c1-2-10-3-7-13(20-10)15(19)16-9-12-5-4-11(21-12)6-8-14(17)18/h3-8H,2,9H2,1H3,(H,16,19)(H,17,18). The van der Waals surface area contributed by atoms with Crippen molar-refractivity contribution < 1.29 is 19.1 Å². The van der Waals surface area contributed by atoms with Crippen molar-refractivity contribution in [2.45, 2.75) is 19.9 Å². The van der Waals surface area contributed by atoms with Gasteiger partial charge in [0, 0.05) is 22.3 Å². The largest absolute Gasteiger partial charge is 0.478 e. The molecule has 0 aromatic carbocycles. The van der Waals surface area contributed by atoms with E-state index in [9.17, 15) is 9.59 Å². The monoisotopic (exact) mass is 305 g/mol. The van der Waals surface area contributed by atoms with Gasteiger partial charge in [-0.15, -0.1) is 11.3 Å². The van der Waals surface area contributed by atoms with Crippen LogP contribution in [0.3, 0.4) is 0 Å². The predicted molar refractivity (Wildman–Crippen MR) is 80.2 cm³/mol. The second-order valence-corrected chi connectivity index (χ2v) is 5.48. The summed E-state index contributed by atoms with van der Waals surface area (Å²) in [5.41, 5.74) is 0. The van der Waals surface area contributed by atoms with Gasteiger partial charge in [-0.3, -0.25) is 4.79 Å². The van der Waals surface area contributed by atoms with Crippen molar-refractivity contribution in [1.82, 2.24) is 5.32 Å². The van der Waals surface area contributed by atoms with Crippen molar-refractivity contribution in [2.75, 3.05) is 0 Å². The second-order valence-electron chi connectivity index (χ2n) is 4.28. The maximum absolute atomic E-state index is 11.9. The third-order valence-corrected chi connectivity index (χ3v) is 3.78. The summed E-state index contributed by atoms with van der Waals surface area (Å²) in [4.78, 5) is 24.1. The molecule has 0 saturated heterocycles. The van der Waals surface area contributed by atoms with E-state index in [1.54, 1.807) is 12.1 Å². The Bertz CT molecular complexity index is 669. The zero-order chi connectivity index (χ0) is 15.2. The van der Waals surface area contributed by atoms with Gasteiger partial charge in [0.05, 0.1) is 6.54 Å². The number of hydrogen-bond acceptors (Lipinski definition) is 4. The molecule has 0 radical (unpaired) electrons. The SMILES string of the molecule is CCc1ccc(C(=O)NCc2ccc(C=CC(=O)O)s2)o1. The van der Waals surface area contributed by atoms with Crippen LogP contribution in [0.5, 0.6) is 0 Å². The van der Waals surface area contributed by atoms with Crippen LogP contribution >= 0.6 is 11.3 Å². The average molecular weight is 305 g/mol. The molecule has 2 N–H and O–H groups in total. The van der Waals surface area contributed by atoms with Gasteiger partial charge in [0.1, 0.15) is 5.76 Å². The molecule has 0 spiro atoms. The topological polar surface area (TPSA) is 79.5 Å². The van der Waals surface area contributed by atoms with E-state index in [1.165, 1.54) is 17.4 Å². The lowest BCUT2D eigenvalue weighted by Crippen LogP contribution is -2.21. The molecular formula is C15H15NO4S. The Balaban J connectivity index is 1.90. The van der Waals surface area contributed by atoms with Gasteiger partial charge in [-0.1, -0.05) is 6.92 Å². The summed E-state index contributed by atoms with van der Waals surface area (Å²) in [6, 6.07) is 7.11. The molecule has 0 fully saturated rings. The predicted octanol–water partition coefficient (Wildman–Crippen LogP) is 2.93. The van der Waals surface area contributed by atoms with E-state index >= 15 is 0 Å². The number of carbonyl (C=O) groups is 2. The van der Waals surface area contributed by atoms with E-state index in [2.05, 4.69) is 5.32 Å². The van der Waals surface area contributed by atoms with Crippen molar-refractivity contribution >= 4 is 29.3 Å². The van der Waals surface area contributed by atoms with Crippen molar-refractivity contribution in [2.24, 2.45) is 0 Å². The lowest BCUT2D eigenvalue weighted by Gasteiger charge is -2.00. The Labute approximate surface area is 125 Å². The van der Waals surface area contributed by atoms with Crippen LogP contribution in [-0.4, -0.2) is 17.0 Å². The first-order valence-electron chi connectivity index (χ1n) is 6.45. The molecule has 0 aliphatic rings. The quantitative estimate of drug-likeness (QED) is 0.804. The first-order valence-corrected chi connectivity index (χ1v) is 7.26. The average Bonchev–Trinajstić information content (AvgIpc) is 3.11. The molecule has 2 aromatic heterocycles. The third-order valence-electron chi connectivity index (χ3n) is 2.73. The number of carboxylic acid groups (broad SMARTS) is 1. The normalized spacial score (nSPS) is 10.9. The summed E-state index contributed by atoms with van der Waals surface area (Å²) < 4.78 is 5.37. The van der Waals surface area contributed by atoms with Crippen LogP contribution in [0.25, 0.3) is 6.08 Å². The molecule has 5 nitrogen and oxygen atoms in total. The van der Waals surface area contributed by atoms with Gasteiger partial charge in [-0.2, -0.15) is 0 Å². The highest BCUT2D eigenvalue weighted by atomic mass is 32.1. The fourth-order valence-electron chi connectivity index (χ4n) is 1.68. The molecule has 0 aliphatic heterocycles. The van der Waals surface area contributed by atoms with E-state index < -0.39 is 5.97 Å². The smallest absolute Gasteiger partial charge is 0.328 e. The van der Waals surface area contributed by atoms with Crippen molar-refractivity contribution in [1.29, 1.82) is 0 Å². The van der Waals surface area contributed by atoms with Crippen molar-refractivity contribution in [3.8, 4) is 0 Å². The highest BCUT2D eigenvalue weighted by Crippen LogP contribution is 2.18. The molecule has 0 atom stereocenters. The number of amides is 1. The Morgan fingerprint density at radius 2 is 2.14 bits per heavy atom. The number of thiophene rings is 1. The zero-order valence-corrected chi connectivity index (χ0v) is 12.3. The number of aliphatic carboxylic acids is 1. The summed E-state index contributed by atoms with van der Waals surface area (Å²) in [5, 5.41) is 11.3. The number of aryl methyl sites for hydroxylation is 1. The molecule has 2 aromatic rings. The number of carbonyl (C=O) groups excluding carboxylic acids is 1. The molecule has 0 aliphatic carbocycles. The molecule has 21 heavy (non-hydrogen) atoms. The van der Waals surface area contributed by atoms with Crippen molar-refractivity contribution in [3.05, 3.63) is 51.6 Å². The van der Waals surface area contributed by atoms with Crippen LogP contribution in [0.4, 0.5) is 0 Å². The first-order chi connectivity index (χ1) is 10.1. The minimum absolute atomic E-state index is 0.259. The second kappa shape index (κ2) is 6.90. The Kier molecular flexibility index (Phi) is 4.94. The molecule has 6 heteroatoms. The Hall–Kier alpha value is -2.34. The van der Waals surface area contributed by atoms with E-state index in [0.29, 0.717) is 12.3 Å². The van der Waals surface area contributed by atoms with Gasteiger partial charge < -0.3 is 14.8 Å².